The van der Waals surface area contributed by atoms with E-state index in [0.29, 0.717) is 18.2 Å². The Balaban J connectivity index is 1.75. The van der Waals surface area contributed by atoms with Gasteiger partial charge in [-0.25, -0.2) is 0 Å². The van der Waals surface area contributed by atoms with Gasteiger partial charge in [-0.2, -0.15) is 0 Å². The Morgan fingerprint density at radius 3 is 2.79 bits per heavy atom. The number of piperidine rings is 1. The van der Waals surface area contributed by atoms with Crippen LogP contribution >= 0.6 is 0 Å². The molecule has 2 rings (SSSR count). The Morgan fingerprint density at radius 2 is 2.14 bits per heavy atom. The molecule has 0 amide bonds. The lowest BCUT2D eigenvalue weighted by Crippen LogP contribution is -2.42. The maximum Gasteiger partial charge on any atom is 0.0834 e. The lowest BCUT2D eigenvalue weighted by atomic mass is 10.0. The zero-order valence-corrected chi connectivity index (χ0v) is 9.24. The summed E-state index contributed by atoms with van der Waals surface area (Å²) in [6, 6.07) is 0.663. The van der Waals surface area contributed by atoms with Crippen molar-refractivity contribution >= 4 is 0 Å². The van der Waals surface area contributed by atoms with Gasteiger partial charge in [-0.05, 0) is 33.2 Å². The Bertz CT molecular complexity index is 180. The van der Waals surface area contributed by atoms with E-state index in [1.165, 1.54) is 19.4 Å². The fourth-order valence-corrected chi connectivity index (χ4v) is 2.26. The van der Waals surface area contributed by atoms with Crippen molar-refractivity contribution in [1.82, 2.24) is 4.90 Å². The summed E-state index contributed by atoms with van der Waals surface area (Å²) in [7, 11) is 2.19. The highest BCUT2D eigenvalue weighted by atomic mass is 16.5. The molecule has 0 radical (unpaired) electrons. The molecular weight excluding hydrogens is 178 g/mol. The van der Waals surface area contributed by atoms with Gasteiger partial charge < -0.3 is 14.4 Å². The summed E-state index contributed by atoms with van der Waals surface area (Å²) >= 11 is 0. The number of hydrogen-bond acceptors (Lipinski definition) is 3. The van der Waals surface area contributed by atoms with Gasteiger partial charge in [0, 0.05) is 19.2 Å². The SMILES string of the molecule is C[C@@H]1C[C@H](OC2CCOC2)CCN1C. The average Bonchev–Trinajstić information content (AvgIpc) is 2.64. The summed E-state index contributed by atoms with van der Waals surface area (Å²) in [6.45, 7) is 5.13. The molecule has 3 heteroatoms. The van der Waals surface area contributed by atoms with Crippen molar-refractivity contribution in [2.75, 3.05) is 26.8 Å². The molecule has 0 aromatic rings. The molecule has 0 N–H and O–H groups in total. The topological polar surface area (TPSA) is 21.7 Å². The van der Waals surface area contributed by atoms with E-state index in [1.54, 1.807) is 0 Å². The molecule has 3 nitrogen and oxygen atoms in total. The summed E-state index contributed by atoms with van der Waals surface area (Å²) in [5.41, 5.74) is 0. The van der Waals surface area contributed by atoms with E-state index in [0.717, 1.165) is 19.6 Å². The first-order valence-electron chi connectivity index (χ1n) is 5.69. The average molecular weight is 199 g/mol. The van der Waals surface area contributed by atoms with Gasteiger partial charge in [-0.3, -0.25) is 0 Å². The van der Waals surface area contributed by atoms with Crippen molar-refractivity contribution < 1.29 is 9.47 Å². The van der Waals surface area contributed by atoms with Gasteiger partial charge in [0.2, 0.25) is 0 Å². The molecule has 2 aliphatic rings. The van der Waals surface area contributed by atoms with Gasteiger partial charge in [0.25, 0.3) is 0 Å². The molecule has 2 fully saturated rings. The molecule has 2 saturated heterocycles. The highest BCUT2D eigenvalue weighted by Gasteiger charge is 2.27. The van der Waals surface area contributed by atoms with E-state index in [1.807, 2.05) is 0 Å². The highest BCUT2D eigenvalue weighted by molar-refractivity contribution is 4.78. The lowest BCUT2D eigenvalue weighted by Gasteiger charge is -2.35. The molecule has 3 atom stereocenters. The zero-order valence-electron chi connectivity index (χ0n) is 9.24. The molecule has 2 heterocycles. The third-order valence-electron chi connectivity index (χ3n) is 3.43. The molecular formula is C11H21NO2. The quantitative estimate of drug-likeness (QED) is 0.668. The van der Waals surface area contributed by atoms with Gasteiger partial charge in [0.1, 0.15) is 0 Å². The third-order valence-corrected chi connectivity index (χ3v) is 3.43. The maximum absolute atomic E-state index is 6.02. The first-order chi connectivity index (χ1) is 6.75. The minimum Gasteiger partial charge on any atom is -0.379 e. The van der Waals surface area contributed by atoms with Crippen LogP contribution in [-0.4, -0.2) is 50.0 Å². The maximum atomic E-state index is 6.02. The largest absolute Gasteiger partial charge is 0.379 e. The van der Waals surface area contributed by atoms with Crippen molar-refractivity contribution in [3.8, 4) is 0 Å². The standard InChI is InChI=1S/C11H21NO2/c1-9-7-10(3-5-12(9)2)14-11-4-6-13-8-11/h9-11H,3-8H2,1-2H3/t9-,10-,11?/m1/s1. The molecule has 0 aromatic heterocycles. The van der Waals surface area contributed by atoms with Crippen LogP contribution in [0.5, 0.6) is 0 Å². The Kier molecular flexibility index (Phi) is 3.42. The monoisotopic (exact) mass is 199 g/mol. The van der Waals surface area contributed by atoms with E-state index in [-0.39, 0.29) is 0 Å². The third kappa shape index (κ3) is 2.47. The smallest absolute Gasteiger partial charge is 0.0834 e. The molecule has 0 bridgehead atoms. The fourth-order valence-electron chi connectivity index (χ4n) is 2.26. The van der Waals surface area contributed by atoms with Gasteiger partial charge in [-0.1, -0.05) is 0 Å². The van der Waals surface area contributed by atoms with Crippen LogP contribution in [0.1, 0.15) is 26.2 Å². The van der Waals surface area contributed by atoms with Crippen LogP contribution in [0, 0.1) is 0 Å². The Morgan fingerprint density at radius 1 is 1.29 bits per heavy atom. The van der Waals surface area contributed by atoms with Gasteiger partial charge in [0.15, 0.2) is 0 Å². The Labute approximate surface area is 86.4 Å². The summed E-state index contributed by atoms with van der Waals surface area (Å²) in [5, 5.41) is 0. The Hall–Kier alpha value is -0.120. The number of nitrogens with zero attached hydrogens (tertiary/aromatic N) is 1. The summed E-state index contributed by atoms with van der Waals surface area (Å²) in [4.78, 5) is 2.41. The zero-order chi connectivity index (χ0) is 9.97. The summed E-state index contributed by atoms with van der Waals surface area (Å²) in [5.74, 6) is 0. The van der Waals surface area contributed by atoms with Crippen LogP contribution in [0.2, 0.25) is 0 Å². The van der Waals surface area contributed by atoms with Crippen LogP contribution < -0.4 is 0 Å². The first kappa shape index (κ1) is 10.4. The summed E-state index contributed by atoms with van der Waals surface area (Å²) < 4.78 is 11.3. The predicted molar refractivity (Wildman–Crippen MR) is 55.4 cm³/mol. The van der Waals surface area contributed by atoms with E-state index >= 15 is 0 Å². The minimum atomic E-state index is 0.371. The lowest BCUT2D eigenvalue weighted by molar-refractivity contribution is -0.0521. The van der Waals surface area contributed by atoms with Crippen molar-refractivity contribution in [3.63, 3.8) is 0 Å². The normalized spacial score (nSPS) is 40.3. The molecule has 0 aliphatic carbocycles. The van der Waals surface area contributed by atoms with E-state index < -0.39 is 0 Å². The second kappa shape index (κ2) is 4.60. The predicted octanol–water partition coefficient (Wildman–Crippen LogP) is 1.27. The number of likely N-dealkylation sites (tertiary alicyclic amines) is 1. The van der Waals surface area contributed by atoms with Crippen LogP contribution in [0.15, 0.2) is 0 Å². The molecule has 14 heavy (non-hydrogen) atoms. The van der Waals surface area contributed by atoms with Crippen LogP contribution in [0.25, 0.3) is 0 Å². The van der Waals surface area contributed by atoms with Crippen molar-refractivity contribution in [2.24, 2.45) is 0 Å². The van der Waals surface area contributed by atoms with Crippen molar-refractivity contribution in [1.29, 1.82) is 0 Å². The van der Waals surface area contributed by atoms with Crippen molar-refractivity contribution in [2.45, 2.75) is 44.4 Å². The van der Waals surface area contributed by atoms with Crippen molar-refractivity contribution in [3.05, 3.63) is 0 Å². The number of rotatable bonds is 2. The van der Waals surface area contributed by atoms with Crippen LogP contribution in [-0.2, 0) is 9.47 Å². The first-order valence-corrected chi connectivity index (χ1v) is 5.69. The molecule has 2 aliphatic heterocycles. The molecule has 0 aromatic carbocycles. The molecule has 1 unspecified atom stereocenters. The van der Waals surface area contributed by atoms with Gasteiger partial charge >= 0.3 is 0 Å². The van der Waals surface area contributed by atoms with Gasteiger partial charge in [0.05, 0.1) is 18.8 Å². The minimum absolute atomic E-state index is 0.371. The van der Waals surface area contributed by atoms with Crippen LogP contribution in [0.3, 0.4) is 0 Å². The second-order valence-electron chi connectivity index (χ2n) is 4.60. The second-order valence-corrected chi connectivity index (χ2v) is 4.60. The molecule has 0 spiro atoms. The van der Waals surface area contributed by atoms with E-state index in [4.69, 9.17) is 9.47 Å². The van der Waals surface area contributed by atoms with E-state index in [9.17, 15) is 0 Å². The highest BCUT2D eigenvalue weighted by Crippen LogP contribution is 2.21. The number of hydrogen-bond donors (Lipinski definition) is 0. The fraction of sp³-hybridized carbons (Fsp3) is 1.00. The molecule has 82 valence electrons. The van der Waals surface area contributed by atoms with Gasteiger partial charge in [-0.15, -0.1) is 0 Å². The molecule has 0 saturated carbocycles. The van der Waals surface area contributed by atoms with E-state index in [2.05, 4.69) is 18.9 Å². The van der Waals surface area contributed by atoms with Crippen LogP contribution in [0.4, 0.5) is 0 Å². The summed E-state index contributed by atoms with van der Waals surface area (Å²) in [6.07, 6.45) is 4.27. The number of ether oxygens (including phenoxy) is 2.